The number of aryl methyl sites for hydroxylation is 1. The fourth-order valence-corrected chi connectivity index (χ4v) is 1.40. The normalized spacial score (nSPS) is 13.4. The van der Waals surface area contributed by atoms with Gasteiger partial charge in [-0.05, 0) is 19.4 Å². The second kappa shape index (κ2) is 5.88. The topological polar surface area (TPSA) is 50.1 Å². The number of hydrogen-bond donors (Lipinski definition) is 2. The largest absolute Gasteiger partial charge is 0.394 e. The summed E-state index contributed by atoms with van der Waals surface area (Å²) in [5.74, 6) is 0.584. The first-order valence-corrected chi connectivity index (χ1v) is 5.54. The van der Waals surface area contributed by atoms with Gasteiger partial charge in [-0.3, -0.25) is 4.68 Å². The van der Waals surface area contributed by atoms with Gasteiger partial charge in [-0.2, -0.15) is 5.10 Å². The van der Waals surface area contributed by atoms with Crippen LogP contribution in [0, 0.1) is 5.92 Å². The van der Waals surface area contributed by atoms with Crippen molar-refractivity contribution in [3.63, 3.8) is 0 Å². The molecule has 1 atom stereocenters. The third-order valence-corrected chi connectivity index (χ3v) is 2.33. The molecule has 4 nitrogen and oxygen atoms in total. The minimum Gasteiger partial charge on any atom is -0.394 e. The smallest absolute Gasteiger partial charge is 0.0627 e. The minimum atomic E-state index is 0.00713. The van der Waals surface area contributed by atoms with E-state index in [4.69, 9.17) is 0 Å². The number of nitrogens with zero attached hydrogens (tertiary/aromatic N) is 2. The molecule has 1 aromatic heterocycles. The second-order valence-electron chi connectivity index (χ2n) is 4.17. The maximum absolute atomic E-state index is 9.27. The standard InChI is InChI=1S/C11H21N3O/c1-4-14-7-10(6-13-14)11(8-15)12-5-9(2)3/h6-7,9,11-12,15H,4-5,8H2,1-3H3. The summed E-state index contributed by atoms with van der Waals surface area (Å²) in [7, 11) is 0. The third kappa shape index (κ3) is 3.64. The van der Waals surface area contributed by atoms with Crippen molar-refractivity contribution in [1.82, 2.24) is 15.1 Å². The Kier molecular flexibility index (Phi) is 4.78. The zero-order valence-corrected chi connectivity index (χ0v) is 9.77. The Bertz CT molecular complexity index is 283. The highest BCUT2D eigenvalue weighted by molar-refractivity contribution is 5.10. The molecular weight excluding hydrogens is 190 g/mol. The fraction of sp³-hybridized carbons (Fsp3) is 0.727. The van der Waals surface area contributed by atoms with Crippen LogP contribution in [0.15, 0.2) is 12.4 Å². The van der Waals surface area contributed by atoms with Crippen molar-refractivity contribution in [2.45, 2.75) is 33.4 Å². The Morgan fingerprint density at radius 1 is 1.53 bits per heavy atom. The molecule has 0 fully saturated rings. The first-order valence-electron chi connectivity index (χ1n) is 5.54. The molecular formula is C11H21N3O. The lowest BCUT2D eigenvalue weighted by atomic mass is 10.1. The van der Waals surface area contributed by atoms with Gasteiger partial charge >= 0.3 is 0 Å². The van der Waals surface area contributed by atoms with Gasteiger partial charge in [0.05, 0.1) is 18.8 Å². The summed E-state index contributed by atoms with van der Waals surface area (Å²) in [6, 6.07) is 0.00713. The zero-order chi connectivity index (χ0) is 11.3. The van der Waals surface area contributed by atoms with Gasteiger partial charge in [0.1, 0.15) is 0 Å². The van der Waals surface area contributed by atoms with Crippen LogP contribution in [-0.2, 0) is 6.54 Å². The van der Waals surface area contributed by atoms with Crippen molar-refractivity contribution >= 4 is 0 Å². The summed E-state index contributed by atoms with van der Waals surface area (Å²) in [4.78, 5) is 0. The van der Waals surface area contributed by atoms with E-state index in [-0.39, 0.29) is 12.6 Å². The SMILES string of the molecule is CCn1cc(C(CO)NCC(C)C)cn1. The Morgan fingerprint density at radius 2 is 2.27 bits per heavy atom. The van der Waals surface area contributed by atoms with Crippen LogP contribution in [-0.4, -0.2) is 28.0 Å². The number of hydrogen-bond acceptors (Lipinski definition) is 3. The highest BCUT2D eigenvalue weighted by Crippen LogP contribution is 2.11. The maximum Gasteiger partial charge on any atom is 0.0627 e. The Balaban J connectivity index is 2.57. The molecule has 1 heterocycles. The molecule has 0 aromatic carbocycles. The van der Waals surface area contributed by atoms with E-state index in [1.807, 2.05) is 24.0 Å². The number of nitrogens with one attached hydrogen (secondary N) is 1. The average molecular weight is 211 g/mol. The van der Waals surface area contributed by atoms with Gasteiger partial charge in [-0.25, -0.2) is 0 Å². The highest BCUT2D eigenvalue weighted by atomic mass is 16.3. The zero-order valence-electron chi connectivity index (χ0n) is 9.77. The molecule has 4 heteroatoms. The molecule has 0 aliphatic rings. The predicted molar refractivity (Wildman–Crippen MR) is 60.6 cm³/mol. The van der Waals surface area contributed by atoms with Crippen LogP contribution in [0.5, 0.6) is 0 Å². The monoisotopic (exact) mass is 211 g/mol. The van der Waals surface area contributed by atoms with Crippen molar-refractivity contribution in [3.05, 3.63) is 18.0 Å². The first kappa shape index (κ1) is 12.2. The minimum absolute atomic E-state index is 0.00713. The van der Waals surface area contributed by atoms with Gasteiger partial charge in [-0.1, -0.05) is 13.8 Å². The highest BCUT2D eigenvalue weighted by Gasteiger charge is 2.11. The van der Waals surface area contributed by atoms with E-state index in [9.17, 15) is 5.11 Å². The molecule has 0 spiro atoms. The summed E-state index contributed by atoms with van der Waals surface area (Å²) in [6.07, 6.45) is 3.80. The van der Waals surface area contributed by atoms with Gasteiger partial charge in [-0.15, -0.1) is 0 Å². The summed E-state index contributed by atoms with van der Waals surface area (Å²) in [6.45, 7) is 8.23. The van der Waals surface area contributed by atoms with Crippen molar-refractivity contribution < 1.29 is 5.11 Å². The summed E-state index contributed by atoms with van der Waals surface area (Å²) in [5, 5.41) is 16.8. The Morgan fingerprint density at radius 3 is 2.73 bits per heavy atom. The van der Waals surface area contributed by atoms with E-state index in [2.05, 4.69) is 24.3 Å². The van der Waals surface area contributed by atoms with E-state index in [1.165, 1.54) is 0 Å². The molecule has 1 unspecified atom stereocenters. The quantitative estimate of drug-likeness (QED) is 0.743. The van der Waals surface area contributed by atoms with Crippen LogP contribution in [0.4, 0.5) is 0 Å². The molecule has 86 valence electrons. The van der Waals surface area contributed by atoms with Crippen LogP contribution >= 0.6 is 0 Å². The number of aliphatic hydroxyl groups is 1. The molecule has 15 heavy (non-hydrogen) atoms. The molecule has 0 saturated heterocycles. The molecule has 0 aliphatic heterocycles. The van der Waals surface area contributed by atoms with Crippen LogP contribution in [0.3, 0.4) is 0 Å². The molecule has 1 rings (SSSR count). The molecule has 1 aromatic rings. The second-order valence-corrected chi connectivity index (χ2v) is 4.17. The van der Waals surface area contributed by atoms with Gasteiger partial charge in [0, 0.05) is 18.3 Å². The summed E-state index contributed by atoms with van der Waals surface area (Å²) < 4.78 is 1.87. The van der Waals surface area contributed by atoms with Gasteiger partial charge < -0.3 is 10.4 Å². The summed E-state index contributed by atoms with van der Waals surface area (Å²) in [5.41, 5.74) is 1.06. The van der Waals surface area contributed by atoms with Crippen molar-refractivity contribution in [1.29, 1.82) is 0 Å². The Labute approximate surface area is 91.3 Å². The lowest BCUT2D eigenvalue weighted by Crippen LogP contribution is -2.27. The van der Waals surface area contributed by atoms with Crippen LogP contribution in [0.25, 0.3) is 0 Å². The van der Waals surface area contributed by atoms with E-state index < -0.39 is 0 Å². The molecule has 0 radical (unpaired) electrons. The van der Waals surface area contributed by atoms with Crippen molar-refractivity contribution in [2.24, 2.45) is 5.92 Å². The fourth-order valence-electron chi connectivity index (χ4n) is 1.40. The molecule has 0 saturated carbocycles. The maximum atomic E-state index is 9.27. The van der Waals surface area contributed by atoms with Gasteiger partial charge in [0.2, 0.25) is 0 Å². The lowest BCUT2D eigenvalue weighted by molar-refractivity contribution is 0.241. The molecule has 0 amide bonds. The van der Waals surface area contributed by atoms with E-state index in [0.29, 0.717) is 5.92 Å². The third-order valence-electron chi connectivity index (χ3n) is 2.33. The van der Waals surface area contributed by atoms with Crippen LogP contribution in [0.1, 0.15) is 32.4 Å². The Hall–Kier alpha value is -0.870. The van der Waals surface area contributed by atoms with E-state index in [0.717, 1.165) is 18.7 Å². The lowest BCUT2D eigenvalue weighted by Gasteiger charge is -2.16. The molecule has 2 N–H and O–H groups in total. The number of rotatable bonds is 6. The van der Waals surface area contributed by atoms with E-state index >= 15 is 0 Å². The number of aliphatic hydroxyl groups excluding tert-OH is 1. The molecule has 0 bridgehead atoms. The average Bonchev–Trinajstić information content (AvgIpc) is 2.67. The number of aromatic nitrogens is 2. The summed E-state index contributed by atoms with van der Waals surface area (Å²) >= 11 is 0. The van der Waals surface area contributed by atoms with Gasteiger partial charge in [0.15, 0.2) is 0 Å². The van der Waals surface area contributed by atoms with Crippen LogP contribution in [0.2, 0.25) is 0 Å². The van der Waals surface area contributed by atoms with Crippen LogP contribution < -0.4 is 5.32 Å². The molecule has 0 aliphatic carbocycles. The van der Waals surface area contributed by atoms with Gasteiger partial charge in [0.25, 0.3) is 0 Å². The van der Waals surface area contributed by atoms with E-state index in [1.54, 1.807) is 0 Å². The predicted octanol–water partition coefficient (Wildman–Crippen LogP) is 1.18. The van der Waals surface area contributed by atoms with Crippen molar-refractivity contribution in [3.8, 4) is 0 Å². The van der Waals surface area contributed by atoms with Crippen molar-refractivity contribution in [2.75, 3.05) is 13.2 Å². The first-order chi connectivity index (χ1) is 7.17.